The average molecular weight is 265 g/mol. The molecule has 1 rings (SSSR count). The molecule has 0 radical (unpaired) electrons. The van der Waals surface area contributed by atoms with Gasteiger partial charge in [0.1, 0.15) is 0 Å². The molecule has 0 unspecified atom stereocenters. The Morgan fingerprint density at radius 2 is 1.79 bits per heavy atom. The van der Waals surface area contributed by atoms with Crippen LogP contribution >= 0.6 is 0 Å². The van der Waals surface area contributed by atoms with Crippen molar-refractivity contribution in [2.45, 2.75) is 26.7 Å². The maximum absolute atomic E-state index is 11.9. The van der Waals surface area contributed by atoms with Crippen molar-refractivity contribution in [2.75, 3.05) is 33.2 Å². The summed E-state index contributed by atoms with van der Waals surface area (Å²) in [6.45, 7) is 11.1. The molecule has 0 spiro atoms. The SMILES string of the molecule is C=C/C=C(\C=N)CCC(=O)N1CCN(C)CC1.CC. The Morgan fingerprint density at radius 3 is 2.26 bits per heavy atom. The molecule has 1 saturated heterocycles. The van der Waals surface area contributed by atoms with Crippen LogP contribution in [0.3, 0.4) is 0 Å². The molecule has 19 heavy (non-hydrogen) atoms. The molecular weight excluding hydrogens is 238 g/mol. The van der Waals surface area contributed by atoms with Crippen LogP contribution in [0.5, 0.6) is 0 Å². The van der Waals surface area contributed by atoms with E-state index in [1.165, 1.54) is 6.21 Å². The van der Waals surface area contributed by atoms with Gasteiger partial charge in [-0.3, -0.25) is 4.79 Å². The quantitative estimate of drug-likeness (QED) is 0.612. The molecule has 4 nitrogen and oxygen atoms in total. The minimum absolute atomic E-state index is 0.190. The van der Waals surface area contributed by atoms with Gasteiger partial charge in [-0.25, -0.2) is 0 Å². The smallest absolute Gasteiger partial charge is 0.222 e. The second-order valence-corrected chi connectivity index (χ2v) is 4.31. The minimum Gasteiger partial charge on any atom is -0.340 e. The van der Waals surface area contributed by atoms with Crippen molar-refractivity contribution in [3.8, 4) is 0 Å². The predicted molar refractivity (Wildman–Crippen MR) is 81.7 cm³/mol. The number of nitrogens with one attached hydrogen (secondary N) is 1. The van der Waals surface area contributed by atoms with E-state index in [2.05, 4.69) is 18.5 Å². The zero-order valence-corrected chi connectivity index (χ0v) is 12.5. The van der Waals surface area contributed by atoms with Crippen molar-refractivity contribution in [2.24, 2.45) is 0 Å². The zero-order valence-electron chi connectivity index (χ0n) is 12.5. The molecule has 1 aliphatic rings. The van der Waals surface area contributed by atoms with Crippen molar-refractivity contribution in [3.05, 3.63) is 24.3 Å². The molecule has 0 aliphatic carbocycles. The van der Waals surface area contributed by atoms with Crippen LogP contribution in [0.2, 0.25) is 0 Å². The molecule has 1 heterocycles. The largest absolute Gasteiger partial charge is 0.340 e. The lowest BCUT2D eigenvalue weighted by Gasteiger charge is -2.32. The second-order valence-electron chi connectivity index (χ2n) is 4.31. The van der Waals surface area contributed by atoms with Crippen LogP contribution in [0.25, 0.3) is 0 Å². The molecule has 1 aliphatic heterocycles. The number of hydrogen-bond donors (Lipinski definition) is 1. The highest BCUT2D eigenvalue weighted by Gasteiger charge is 2.18. The average Bonchev–Trinajstić information content (AvgIpc) is 2.46. The van der Waals surface area contributed by atoms with Crippen LogP contribution in [-0.4, -0.2) is 55.1 Å². The zero-order chi connectivity index (χ0) is 14.7. The van der Waals surface area contributed by atoms with Gasteiger partial charge < -0.3 is 15.2 Å². The van der Waals surface area contributed by atoms with E-state index in [9.17, 15) is 4.79 Å². The predicted octanol–water partition coefficient (Wildman–Crippen LogP) is 2.33. The third kappa shape index (κ3) is 6.91. The molecule has 0 bridgehead atoms. The first-order valence-electron chi connectivity index (χ1n) is 6.95. The van der Waals surface area contributed by atoms with Crippen LogP contribution < -0.4 is 0 Å². The third-order valence-corrected chi connectivity index (χ3v) is 3.00. The molecule has 0 aromatic heterocycles. The summed E-state index contributed by atoms with van der Waals surface area (Å²) in [4.78, 5) is 16.0. The monoisotopic (exact) mass is 265 g/mol. The third-order valence-electron chi connectivity index (χ3n) is 3.00. The number of carbonyl (C=O) groups is 1. The number of allylic oxidation sites excluding steroid dienone is 3. The molecule has 4 heteroatoms. The number of carbonyl (C=O) groups excluding carboxylic acids is 1. The van der Waals surface area contributed by atoms with Gasteiger partial charge in [0.25, 0.3) is 0 Å². The van der Waals surface area contributed by atoms with Crippen molar-refractivity contribution in [3.63, 3.8) is 0 Å². The Labute approximate surface area is 117 Å². The number of nitrogens with zero attached hydrogens (tertiary/aromatic N) is 2. The standard InChI is InChI=1S/C13H21N3O.C2H6/c1-3-4-12(11-14)5-6-13(17)16-9-7-15(2)8-10-16;1-2/h3-4,11,14H,1,5-10H2,2H3;1-2H3/b12-4-,14-11?;. The lowest BCUT2D eigenvalue weighted by atomic mass is 10.1. The maximum Gasteiger partial charge on any atom is 0.222 e. The van der Waals surface area contributed by atoms with Gasteiger partial charge in [0, 0.05) is 38.8 Å². The Morgan fingerprint density at radius 1 is 1.21 bits per heavy atom. The molecule has 1 fully saturated rings. The van der Waals surface area contributed by atoms with E-state index in [0.29, 0.717) is 12.8 Å². The molecular formula is C15H27N3O. The van der Waals surface area contributed by atoms with Crippen molar-refractivity contribution in [1.29, 1.82) is 5.41 Å². The van der Waals surface area contributed by atoms with Gasteiger partial charge in [0.2, 0.25) is 5.91 Å². The lowest BCUT2D eigenvalue weighted by molar-refractivity contribution is -0.132. The Kier molecular flexibility index (Phi) is 9.71. The number of likely N-dealkylation sites (N-methyl/N-ethyl adjacent to an activating group) is 1. The summed E-state index contributed by atoms with van der Waals surface area (Å²) in [5, 5.41) is 7.21. The molecule has 108 valence electrons. The van der Waals surface area contributed by atoms with Gasteiger partial charge in [0.05, 0.1) is 0 Å². The van der Waals surface area contributed by atoms with Gasteiger partial charge in [-0.05, 0) is 19.0 Å². The summed E-state index contributed by atoms with van der Waals surface area (Å²) in [6.07, 6.45) is 5.84. The number of hydrogen-bond acceptors (Lipinski definition) is 3. The van der Waals surface area contributed by atoms with Gasteiger partial charge in [-0.2, -0.15) is 0 Å². The fourth-order valence-electron chi connectivity index (χ4n) is 1.82. The summed E-state index contributed by atoms with van der Waals surface area (Å²) in [5.41, 5.74) is 0.850. The maximum atomic E-state index is 11.9. The summed E-state index contributed by atoms with van der Waals surface area (Å²) in [7, 11) is 2.07. The summed E-state index contributed by atoms with van der Waals surface area (Å²) < 4.78 is 0. The molecule has 0 aromatic rings. The topological polar surface area (TPSA) is 47.4 Å². The fraction of sp³-hybridized carbons (Fsp3) is 0.600. The Bertz CT molecular complexity index is 315. The van der Waals surface area contributed by atoms with Gasteiger partial charge in [-0.15, -0.1) is 0 Å². The van der Waals surface area contributed by atoms with E-state index in [4.69, 9.17) is 5.41 Å². The van der Waals surface area contributed by atoms with Crippen LogP contribution in [-0.2, 0) is 4.79 Å². The Hall–Kier alpha value is -1.42. The van der Waals surface area contributed by atoms with Crippen molar-refractivity contribution < 1.29 is 4.79 Å². The Balaban J connectivity index is 0.00000154. The van der Waals surface area contributed by atoms with Crippen LogP contribution in [0.1, 0.15) is 26.7 Å². The van der Waals surface area contributed by atoms with E-state index in [-0.39, 0.29) is 5.91 Å². The van der Waals surface area contributed by atoms with E-state index < -0.39 is 0 Å². The molecule has 1 amide bonds. The van der Waals surface area contributed by atoms with Crippen molar-refractivity contribution in [1.82, 2.24) is 9.80 Å². The number of amides is 1. The molecule has 0 aromatic carbocycles. The second kappa shape index (κ2) is 10.5. The summed E-state index contributed by atoms with van der Waals surface area (Å²) >= 11 is 0. The van der Waals surface area contributed by atoms with E-state index >= 15 is 0 Å². The normalized spacial score (nSPS) is 16.4. The number of rotatable bonds is 5. The highest BCUT2D eigenvalue weighted by Crippen LogP contribution is 2.07. The molecule has 0 saturated carbocycles. The van der Waals surface area contributed by atoms with E-state index in [0.717, 1.165) is 31.8 Å². The van der Waals surface area contributed by atoms with Gasteiger partial charge in [-0.1, -0.05) is 32.6 Å². The van der Waals surface area contributed by atoms with E-state index in [1.807, 2.05) is 18.7 Å². The van der Waals surface area contributed by atoms with Gasteiger partial charge >= 0.3 is 0 Å². The minimum atomic E-state index is 0.190. The first-order chi connectivity index (χ1) is 9.17. The molecule has 1 N–H and O–H groups in total. The first-order valence-corrected chi connectivity index (χ1v) is 6.95. The fourth-order valence-corrected chi connectivity index (χ4v) is 1.82. The van der Waals surface area contributed by atoms with Crippen molar-refractivity contribution >= 4 is 12.1 Å². The number of piperazine rings is 1. The summed E-state index contributed by atoms with van der Waals surface area (Å²) in [5.74, 6) is 0.190. The first kappa shape index (κ1) is 17.6. The van der Waals surface area contributed by atoms with Crippen LogP contribution in [0.4, 0.5) is 0 Å². The van der Waals surface area contributed by atoms with Crippen LogP contribution in [0, 0.1) is 5.41 Å². The highest BCUT2D eigenvalue weighted by molar-refractivity contribution is 5.80. The summed E-state index contributed by atoms with van der Waals surface area (Å²) in [6, 6.07) is 0. The van der Waals surface area contributed by atoms with Crippen LogP contribution in [0.15, 0.2) is 24.3 Å². The van der Waals surface area contributed by atoms with E-state index in [1.54, 1.807) is 12.2 Å². The highest BCUT2D eigenvalue weighted by atomic mass is 16.2. The lowest BCUT2D eigenvalue weighted by Crippen LogP contribution is -2.47. The molecule has 0 atom stereocenters. The van der Waals surface area contributed by atoms with Gasteiger partial charge in [0.15, 0.2) is 0 Å².